The summed E-state index contributed by atoms with van der Waals surface area (Å²) in [7, 11) is 1.31. The van der Waals surface area contributed by atoms with E-state index in [4.69, 9.17) is 24.8 Å². The Morgan fingerprint density at radius 2 is 1.70 bits per heavy atom. The first-order valence-electron chi connectivity index (χ1n) is 16.6. The molecule has 2 unspecified atom stereocenters. The fourth-order valence-corrected chi connectivity index (χ4v) is 6.89. The number of nitrogen functional groups attached to an aromatic ring is 1. The molecule has 3 atom stereocenters. The Labute approximate surface area is 293 Å². The first kappa shape index (κ1) is 40.8. The zero-order valence-corrected chi connectivity index (χ0v) is 30.4. The lowest BCUT2D eigenvalue weighted by Crippen LogP contribution is -2.70. The molecule has 1 aromatic rings. The number of carbonyl (C=O) groups is 3. The quantitative estimate of drug-likeness (QED) is 0.0464. The van der Waals surface area contributed by atoms with E-state index in [2.05, 4.69) is 29.3 Å². The molecule has 15 heteroatoms. The average Bonchev–Trinajstić information content (AvgIpc) is 3.49. The van der Waals surface area contributed by atoms with Crippen molar-refractivity contribution in [2.24, 2.45) is 5.16 Å². The number of halogens is 1. The minimum Gasteiger partial charge on any atom is -0.458 e. The van der Waals surface area contributed by atoms with E-state index in [1.807, 2.05) is 0 Å². The summed E-state index contributed by atoms with van der Waals surface area (Å²) in [6, 6.07) is -0.851. The van der Waals surface area contributed by atoms with E-state index in [1.54, 1.807) is 11.5 Å². The van der Waals surface area contributed by atoms with Crippen molar-refractivity contribution in [2.45, 2.75) is 108 Å². The van der Waals surface area contributed by atoms with Gasteiger partial charge < -0.3 is 30.1 Å². The third-order valence-electron chi connectivity index (χ3n) is 7.70. The van der Waals surface area contributed by atoms with Crippen LogP contribution in [0.3, 0.4) is 0 Å². The predicted octanol–water partition coefficient (Wildman–Crippen LogP) is 5.45. The number of amides is 2. The highest BCUT2D eigenvalue weighted by molar-refractivity contribution is 8.00. The van der Waals surface area contributed by atoms with Gasteiger partial charge in [-0.2, -0.15) is 0 Å². The lowest BCUT2D eigenvalue weighted by atomic mass is 10.0. The number of nitrogens with zero attached hydrogens (tertiary/aromatic N) is 3. The van der Waals surface area contributed by atoms with E-state index < -0.39 is 35.3 Å². The number of carbonyl (C=O) groups excluding carboxylic acids is 3. The molecule has 0 spiro atoms. The Kier molecular flexibility index (Phi) is 20.0. The molecule has 1 saturated heterocycles. The van der Waals surface area contributed by atoms with Crippen LogP contribution in [0.25, 0.3) is 0 Å². The zero-order valence-electron chi connectivity index (χ0n) is 27.9. The Bertz CT molecular complexity index is 1170. The maximum absolute atomic E-state index is 13.2. The number of fused-ring (bicyclic) bond motifs is 1. The van der Waals surface area contributed by atoms with E-state index in [1.165, 1.54) is 75.1 Å². The van der Waals surface area contributed by atoms with Crippen molar-refractivity contribution in [3.05, 3.63) is 22.8 Å². The van der Waals surface area contributed by atoms with Crippen LogP contribution >= 0.6 is 35.5 Å². The molecule has 0 saturated carbocycles. The molecule has 3 heterocycles. The van der Waals surface area contributed by atoms with Gasteiger partial charge in [0.15, 0.2) is 10.8 Å². The third kappa shape index (κ3) is 13.2. The van der Waals surface area contributed by atoms with Crippen LogP contribution < -0.4 is 11.1 Å². The molecule has 0 aliphatic carbocycles. The van der Waals surface area contributed by atoms with Gasteiger partial charge in [0.25, 0.3) is 11.8 Å². The highest BCUT2D eigenvalue weighted by atomic mass is 35.5. The summed E-state index contributed by atoms with van der Waals surface area (Å²) in [6.07, 6.45) is 15.3. The van der Waals surface area contributed by atoms with Crippen LogP contribution in [0.15, 0.2) is 22.3 Å². The van der Waals surface area contributed by atoms with Crippen molar-refractivity contribution >= 4 is 64.1 Å². The highest BCUT2D eigenvalue weighted by Crippen LogP contribution is 2.38. The van der Waals surface area contributed by atoms with Crippen LogP contribution in [0, 0.1) is 0 Å². The van der Waals surface area contributed by atoms with E-state index in [-0.39, 0.29) is 41.2 Å². The average molecular weight is 718 g/mol. The van der Waals surface area contributed by atoms with Crippen LogP contribution in [0.1, 0.15) is 96.6 Å². The number of ether oxygens (including phenoxy) is 3. The predicted molar refractivity (Wildman–Crippen MR) is 189 cm³/mol. The lowest BCUT2D eigenvalue weighted by Gasteiger charge is -2.48. The standard InChI is InChI=1S/C32H51N5O7S2.ClH/c1-4-6-8-10-12-14-17-42-20-23(43-18-15-13-11-9-7-5-2)21-44-31(40)25-16-19-45-30-27(29(39)37(25)30)35-28(38)26(36-41-3)24-22-46-32(33)34-24;/h16,22-23,27,30H,4-15,17-21H2,1-3H3,(H2,33,34)(H,35,38);1H/b36-26-;/t23?,27?,30-;/m1./s1. The summed E-state index contributed by atoms with van der Waals surface area (Å²) >= 11 is 2.59. The Morgan fingerprint density at radius 3 is 2.34 bits per heavy atom. The summed E-state index contributed by atoms with van der Waals surface area (Å²) in [5.41, 5.74) is 6.02. The van der Waals surface area contributed by atoms with Crippen LogP contribution in [0.2, 0.25) is 0 Å². The van der Waals surface area contributed by atoms with Crippen molar-refractivity contribution < 1.29 is 33.4 Å². The van der Waals surface area contributed by atoms with E-state index in [0.717, 1.165) is 37.0 Å². The number of anilines is 1. The van der Waals surface area contributed by atoms with Gasteiger partial charge in [-0.3, -0.25) is 14.5 Å². The van der Waals surface area contributed by atoms with Gasteiger partial charge in [0.05, 0.1) is 6.61 Å². The number of β-lactam (4-membered cyclic amide) rings is 1. The topological polar surface area (TPSA) is 155 Å². The van der Waals surface area contributed by atoms with Gasteiger partial charge in [0.2, 0.25) is 0 Å². The molecular formula is C32H52ClN5O7S2. The fraction of sp³-hybridized carbons (Fsp3) is 0.719. The van der Waals surface area contributed by atoms with E-state index in [0.29, 0.717) is 25.6 Å². The molecule has 266 valence electrons. The molecule has 3 rings (SSSR count). The van der Waals surface area contributed by atoms with Crippen LogP contribution in [-0.4, -0.2) is 90.2 Å². The maximum Gasteiger partial charge on any atom is 0.354 e. The molecular weight excluding hydrogens is 666 g/mol. The molecule has 1 fully saturated rings. The molecule has 2 aliphatic heterocycles. The molecule has 0 aromatic carbocycles. The molecule has 12 nitrogen and oxygen atoms in total. The van der Waals surface area contributed by atoms with Gasteiger partial charge in [0.1, 0.15) is 42.6 Å². The third-order valence-corrected chi connectivity index (χ3v) is 9.56. The largest absolute Gasteiger partial charge is 0.458 e. The van der Waals surface area contributed by atoms with Crippen molar-refractivity contribution in [3.8, 4) is 0 Å². The number of rotatable bonds is 24. The minimum absolute atomic E-state index is 0. The normalized spacial score (nSPS) is 18.0. The van der Waals surface area contributed by atoms with Crippen molar-refractivity contribution in [2.75, 3.05) is 45.0 Å². The second-order valence-electron chi connectivity index (χ2n) is 11.4. The first-order chi connectivity index (χ1) is 22.4. The van der Waals surface area contributed by atoms with Crippen molar-refractivity contribution in [3.63, 3.8) is 0 Å². The minimum atomic E-state index is -0.851. The van der Waals surface area contributed by atoms with Gasteiger partial charge in [-0.1, -0.05) is 83.2 Å². The number of esters is 1. The fourth-order valence-electron chi connectivity index (χ4n) is 5.15. The summed E-state index contributed by atoms with van der Waals surface area (Å²) in [5.74, 6) is -1.17. The molecule has 2 aliphatic rings. The van der Waals surface area contributed by atoms with Crippen LogP contribution in [0.5, 0.6) is 0 Å². The van der Waals surface area contributed by atoms with Crippen molar-refractivity contribution in [1.82, 2.24) is 15.2 Å². The summed E-state index contributed by atoms with van der Waals surface area (Å²) < 4.78 is 17.7. The number of unbranched alkanes of at least 4 members (excludes halogenated alkanes) is 10. The SMILES string of the molecule is CCCCCCCCOCC(COC(=O)C1=CCS[C@@H]2C(NC(=O)/C(=N\OC)c3csc(N)n3)C(=O)N12)OCCCCCCCC.Cl. The summed E-state index contributed by atoms with van der Waals surface area (Å²) in [6.45, 7) is 5.98. The number of thiazole rings is 1. The number of thioether (sulfide) groups is 1. The second-order valence-corrected chi connectivity index (χ2v) is 13.4. The van der Waals surface area contributed by atoms with Gasteiger partial charge in [-0.25, -0.2) is 9.78 Å². The van der Waals surface area contributed by atoms with Gasteiger partial charge in [-0.05, 0) is 18.9 Å². The summed E-state index contributed by atoms with van der Waals surface area (Å²) in [5, 5.41) is 7.87. The number of oxime groups is 1. The number of aromatic nitrogens is 1. The molecule has 2 amide bonds. The maximum atomic E-state index is 13.2. The van der Waals surface area contributed by atoms with Gasteiger partial charge in [-0.15, -0.1) is 35.5 Å². The van der Waals surface area contributed by atoms with E-state index >= 15 is 0 Å². The van der Waals surface area contributed by atoms with Crippen molar-refractivity contribution in [1.29, 1.82) is 0 Å². The molecule has 1 aromatic heterocycles. The highest BCUT2D eigenvalue weighted by Gasteiger charge is 2.53. The molecule has 3 N–H and O–H groups in total. The van der Waals surface area contributed by atoms with Crippen LogP contribution in [0.4, 0.5) is 5.13 Å². The number of hydrogen-bond acceptors (Lipinski definition) is 12. The number of nitrogens with one attached hydrogen (secondary N) is 1. The monoisotopic (exact) mass is 717 g/mol. The lowest BCUT2D eigenvalue weighted by molar-refractivity contribution is -0.155. The van der Waals surface area contributed by atoms with Gasteiger partial charge >= 0.3 is 5.97 Å². The summed E-state index contributed by atoms with van der Waals surface area (Å²) in [4.78, 5) is 49.6. The number of hydrogen-bond donors (Lipinski definition) is 2. The van der Waals surface area contributed by atoms with Gasteiger partial charge in [0, 0.05) is 24.3 Å². The number of nitrogens with two attached hydrogens (primary N) is 1. The zero-order chi connectivity index (χ0) is 33.1. The Balaban J connectivity index is 0.00000768. The van der Waals surface area contributed by atoms with E-state index in [9.17, 15) is 14.4 Å². The first-order valence-corrected chi connectivity index (χ1v) is 18.5. The second kappa shape index (κ2) is 23.0. The smallest absolute Gasteiger partial charge is 0.354 e. The Morgan fingerprint density at radius 1 is 1.04 bits per heavy atom. The molecule has 0 bridgehead atoms. The molecule has 47 heavy (non-hydrogen) atoms. The molecule has 0 radical (unpaired) electrons. The van der Waals surface area contributed by atoms with Crippen LogP contribution in [-0.2, 0) is 33.4 Å². The Hall–Kier alpha value is -2.39.